The number of aliphatic hydroxyl groups excluding tert-OH is 1. The molecule has 0 saturated carbocycles. The van der Waals surface area contributed by atoms with Crippen LogP contribution in [0.3, 0.4) is 0 Å². The highest BCUT2D eigenvalue weighted by molar-refractivity contribution is 7.11. The molecule has 0 aliphatic carbocycles. The normalized spacial score (nSPS) is 12.9. The molecule has 0 bridgehead atoms. The molecule has 16 heavy (non-hydrogen) atoms. The van der Waals surface area contributed by atoms with Crippen LogP contribution in [-0.2, 0) is 13.5 Å². The first-order valence-electron chi connectivity index (χ1n) is 5.23. The molecule has 2 rings (SSSR count). The van der Waals surface area contributed by atoms with Crippen LogP contribution in [0.15, 0.2) is 18.6 Å². The number of hydrogen-bond donors (Lipinski definition) is 1. The first-order valence-corrected chi connectivity index (χ1v) is 6.05. The molecule has 2 aromatic rings. The Balaban J connectivity index is 1.93. The number of aromatic nitrogens is 3. The lowest BCUT2D eigenvalue weighted by Gasteiger charge is -2.07. The molecule has 2 aromatic heterocycles. The average molecular weight is 237 g/mol. The quantitative estimate of drug-likeness (QED) is 0.883. The average Bonchev–Trinajstić information content (AvgIpc) is 2.84. The Morgan fingerprint density at radius 1 is 1.50 bits per heavy atom. The minimum Gasteiger partial charge on any atom is -0.388 e. The SMILES string of the molecule is Cc1ncc(C(O)CCc2nccn2C)s1. The van der Waals surface area contributed by atoms with E-state index in [0.717, 1.165) is 22.1 Å². The van der Waals surface area contributed by atoms with Crippen LogP contribution in [0.5, 0.6) is 0 Å². The van der Waals surface area contributed by atoms with E-state index in [-0.39, 0.29) is 0 Å². The van der Waals surface area contributed by atoms with Gasteiger partial charge in [-0.15, -0.1) is 11.3 Å². The number of imidazole rings is 1. The summed E-state index contributed by atoms with van der Waals surface area (Å²) in [6.45, 7) is 1.94. The van der Waals surface area contributed by atoms with Crippen LogP contribution < -0.4 is 0 Å². The molecule has 1 atom stereocenters. The van der Waals surface area contributed by atoms with Crippen LogP contribution in [0.4, 0.5) is 0 Å². The van der Waals surface area contributed by atoms with Crippen molar-refractivity contribution in [3.05, 3.63) is 34.3 Å². The van der Waals surface area contributed by atoms with Crippen molar-refractivity contribution in [2.75, 3.05) is 0 Å². The maximum absolute atomic E-state index is 9.96. The van der Waals surface area contributed by atoms with Gasteiger partial charge in [0.1, 0.15) is 5.82 Å². The Morgan fingerprint density at radius 3 is 2.88 bits per heavy atom. The zero-order valence-electron chi connectivity index (χ0n) is 9.42. The van der Waals surface area contributed by atoms with Crippen molar-refractivity contribution in [2.45, 2.75) is 25.9 Å². The Kier molecular flexibility index (Phi) is 3.36. The zero-order valence-corrected chi connectivity index (χ0v) is 10.2. The Bertz CT molecular complexity index is 463. The Hall–Kier alpha value is -1.20. The van der Waals surface area contributed by atoms with Crippen LogP contribution in [-0.4, -0.2) is 19.6 Å². The van der Waals surface area contributed by atoms with Gasteiger partial charge in [-0.25, -0.2) is 9.97 Å². The molecule has 0 aromatic carbocycles. The first-order chi connectivity index (χ1) is 7.66. The lowest BCUT2D eigenvalue weighted by molar-refractivity contribution is 0.170. The Morgan fingerprint density at radius 2 is 2.31 bits per heavy atom. The summed E-state index contributed by atoms with van der Waals surface area (Å²) < 4.78 is 1.98. The van der Waals surface area contributed by atoms with E-state index in [1.165, 1.54) is 0 Å². The lowest BCUT2D eigenvalue weighted by Crippen LogP contribution is -2.02. The highest BCUT2D eigenvalue weighted by Gasteiger charge is 2.11. The fraction of sp³-hybridized carbons (Fsp3) is 0.455. The largest absolute Gasteiger partial charge is 0.388 e. The van der Waals surface area contributed by atoms with Gasteiger partial charge in [-0.1, -0.05) is 0 Å². The first kappa shape index (κ1) is 11.3. The van der Waals surface area contributed by atoms with Crippen LogP contribution in [0, 0.1) is 6.92 Å². The summed E-state index contributed by atoms with van der Waals surface area (Å²) in [5, 5.41) is 10.9. The second kappa shape index (κ2) is 4.76. The molecular weight excluding hydrogens is 222 g/mol. The number of nitrogens with zero attached hydrogens (tertiary/aromatic N) is 3. The zero-order chi connectivity index (χ0) is 11.5. The molecule has 1 N–H and O–H groups in total. The fourth-order valence-electron chi connectivity index (χ4n) is 1.58. The number of hydrogen-bond acceptors (Lipinski definition) is 4. The topological polar surface area (TPSA) is 50.9 Å². The summed E-state index contributed by atoms with van der Waals surface area (Å²) in [4.78, 5) is 9.30. The van der Waals surface area contributed by atoms with E-state index in [1.807, 2.05) is 24.7 Å². The number of thiazole rings is 1. The van der Waals surface area contributed by atoms with Gasteiger partial charge < -0.3 is 9.67 Å². The third-order valence-electron chi connectivity index (χ3n) is 2.53. The van der Waals surface area contributed by atoms with E-state index in [9.17, 15) is 5.11 Å². The summed E-state index contributed by atoms with van der Waals surface area (Å²) in [7, 11) is 1.96. The Labute approximate surface area is 98.6 Å². The van der Waals surface area contributed by atoms with Gasteiger partial charge in [0.15, 0.2) is 0 Å². The van der Waals surface area contributed by atoms with E-state index in [1.54, 1.807) is 23.7 Å². The third kappa shape index (κ3) is 2.48. The van der Waals surface area contributed by atoms with Gasteiger partial charge in [0.05, 0.1) is 16.0 Å². The maximum atomic E-state index is 9.96. The van der Waals surface area contributed by atoms with Crippen LogP contribution in [0.1, 0.15) is 28.2 Å². The molecular formula is C11H15N3OS. The van der Waals surface area contributed by atoms with Gasteiger partial charge in [0.2, 0.25) is 0 Å². The predicted octanol–water partition coefficient (Wildman–Crippen LogP) is 1.85. The molecule has 0 radical (unpaired) electrons. The minimum atomic E-state index is -0.428. The van der Waals surface area contributed by atoms with Crippen LogP contribution in [0.2, 0.25) is 0 Å². The minimum absolute atomic E-state index is 0.428. The van der Waals surface area contributed by atoms with E-state index < -0.39 is 6.10 Å². The van der Waals surface area contributed by atoms with E-state index in [2.05, 4.69) is 9.97 Å². The number of aryl methyl sites for hydroxylation is 3. The second-order valence-electron chi connectivity index (χ2n) is 3.79. The van der Waals surface area contributed by atoms with E-state index in [0.29, 0.717) is 6.42 Å². The molecule has 0 aliphatic rings. The second-order valence-corrected chi connectivity index (χ2v) is 5.06. The maximum Gasteiger partial charge on any atom is 0.108 e. The van der Waals surface area contributed by atoms with Crippen molar-refractivity contribution in [2.24, 2.45) is 7.05 Å². The summed E-state index contributed by atoms with van der Waals surface area (Å²) in [5.74, 6) is 1.00. The van der Waals surface area contributed by atoms with Crippen molar-refractivity contribution >= 4 is 11.3 Å². The van der Waals surface area contributed by atoms with E-state index in [4.69, 9.17) is 0 Å². The molecule has 4 nitrogen and oxygen atoms in total. The van der Waals surface area contributed by atoms with Gasteiger partial charge in [0.25, 0.3) is 0 Å². The highest BCUT2D eigenvalue weighted by atomic mass is 32.1. The fourth-order valence-corrected chi connectivity index (χ4v) is 2.38. The summed E-state index contributed by atoms with van der Waals surface area (Å²) >= 11 is 1.55. The number of rotatable bonds is 4. The summed E-state index contributed by atoms with van der Waals surface area (Å²) in [5.41, 5.74) is 0. The van der Waals surface area contributed by atoms with Gasteiger partial charge >= 0.3 is 0 Å². The van der Waals surface area contributed by atoms with Gasteiger partial charge in [-0.2, -0.15) is 0 Å². The third-order valence-corrected chi connectivity index (χ3v) is 3.54. The van der Waals surface area contributed by atoms with Crippen molar-refractivity contribution < 1.29 is 5.11 Å². The molecule has 0 spiro atoms. The smallest absolute Gasteiger partial charge is 0.108 e. The predicted molar refractivity (Wildman–Crippen MR) is 63.3 cm³/mol. The molecule has 0 aliphatic heterocycles. The standard InChI is InChI=1S/C11H15N3OS/c1-8-13-7-10(16-8)9(15)3-4-11-12-5-6-14(11)2/h5-7,9,15H,3-4H2,1-2H3. The molecule has 0 amide bonds. The van der Waals surface area contributed by atoms with Crippen molar-refractivity contribution in [3.8, 4) is 0 Å². The van der Waals surface area contributed by atoms with Crippen LogP contribution >= 0.6 is 11.3 Å². The van der Waals surface area contributed by atoms with E-state index >= 15 is 0 Å². The molecule has 1 unspecified atom stereocenters. The molecule has 86 valence electrons. The summed E-state index contributed by atoms with van der Waals surface area (Å²) in [6.07, 6.45) is 6.48. The summed E-state index contributed by atoms with van der Waals surface area (Å²) in [6, 6.07) is 0. The van der Waals surface area contributed by atoms with Gasteiger partial charge in [-0.3, -0.25) is 0 Å². The molecule has 0 saturated heterocycles. The lowest BCUT2D eigenvalue weighted by atomic mass is 10.2. The van der Waals surface area contributed by atoms with Crippen molar-refractivity contribution in [1.29, 1.82) is 0 Å². The highest BCUT2D eigenvalue weighted by Crippen LogP contribution is 2.23. The molecule has 2 heterocycles. The van der Waals surface area contributed by atoms with Crippen molar-refractivity contribution in [3.63, 3.8) is 0 Å². The molecule has 0 fully saturated rings. The number of aliphatic hydroxyl groups is 1. The monoisotopic (exact) mass is 237 g/mol. The van der Waals surface area contributed by atoms with Crippen LogP contribution in [0.25, 0.3) is 0 Å². The molecule has 5 heteroatoms. The van der Waals surface area contributed by atoms with Crippen molar-refractivity contribution in [1.82, 2.24) is 14.5 Å². The van der Waals surface area contributed by atoms with Gasteiger partial charge in [0, 0.05) is 32.1 Å². The van der Waals surface area contributed by atoms with Gasteiger partial charge in [-0.05, 0) is 13.3 Å².